The van der Waals surface area contributed by atoms with Crippen molar-refractivity contribution in [3.63, 3.8) is 0 Å². The van der Waals surface area contributed by atoms with Crippen LogP contribution in [0.25, 0.3) is 0 Å². The minimum atomic E-state index is -3.69. The number of nitrogens with zero attached hydrogens (tertiary/aromatic N) is 4. The highest BCUT2D eigenvalue weighted by molar-refractivity contribution is 7.89. The van der Waals surface area contributed by atoms with E-state index in [1.165, 1.54) is 23.0 Å². The van der Waals surface area contributed by atoms with Gasteiger partial charge in [-0.05, 0) is 31.4 Å². The third-order valence-corrected chi connectivity index (χ3v) is 7.16. The summed E-state index contributed by atoms with van der Waals surface area (Å²) in [4.78, 5) is 8.11. The van der Waals surface area contributed by atoms with E-state index < -0.39 is 10.0 Å². The van der Waals surface area contributed by atoms with Crippen LogP contribution < -0.4 is 5.32 Å². The fourth-order valence-corrected chi connectivity index (χ4v) is 5.39. The number of aryl methyl sites for hydroxylation is 2. The number of hydrogen-bond donors (Lipinski definition) is 1. The molecule has 1 N–H and O–H groups in total. The van der Waals surface area contributed by atoms with Crippen molar-refractivity contribution < 1.29 is 17.5 Å². The van der Waals surface area contributed by atoms with Gasteiger partial charge in [0.1, 0.15) is 11.6 Å². The summed E-state index contributed by atoms with van der Waals surface area (Å²) >= 11 is 0. The van der Waals surface area contributed by atoms with Crippen LogP contribution in [0.5, 0.6) is 0 Å². The smallest absolute Gasteiger partial charge is 0.262 e. The van der Waals surface area contributed by atoms with Gasteiger partial charge in [0.15, 0.2) is 5.03 Å². The molecule has 2 aromatic rings. The van der Waals surface area contributed by atoms with Crippen LogP contribution in [0.2, 0.25) is 0 Å². The highest BCUT2D eigenvalue weighted by Crippen LogP contribution is 2.33. The molecule has 3 atom stereocenters. The van der Waals surface area contributed by atoms with E-state index in [-0.39, 0.29) is 35.5 Å². The molecule has 4 rings (SSSR count). The van der Waals surface area contributed by atoms with E-state index in [1.54, 1.807) is 24.6 Å². The first-order chi connectivity index (χ1) is 13.3. The quantitative estimate of drug-likeness (QED) is 0.806. The van der Waals surface area contributed by atoms with E-state index in [4.69, 9.17) is 4.74 Å². The second-order valence-electron chi connectivity index (χ2n) is 7.48. The topological polar surface area (TPSA) is 89.4 Å². The van der Waals surface area contributed by atoms with Crippen LogP contribution >= 0.6 is 0 Å². The number of nitrogens with one attached hydrogen (secondary N) is 1. The fraction of sp³-hybridized carbons (Fsp3) is 0.556. The van der Waals surface area contributed by atoms with Crippen LogP contribution in [0.1, 0.15) is 18.4 Å². The monoisotopic (exact) mass is 409 g/mol. The van der Waals surface area contributed by atoms with Crippen LogP contribution in [0.15, 0.2) is 29.8 Å². The molecule has 1 unspecified atom stereocenters. The number of halogens is 1. The van der Waals surface area contributed by atoms with Crippen molar-refractivity contribution in [2.45, 2.75) is 36.9 Å². The molecule has 0 aromatic carbocycles. The Morgan fingerprint density at radius 2 is 2.14 bits per heavy atom. The molecular formula is C18H24FN5O3S. The maximum absolute atomic E-state index is 13.5. The summed E-state index contributed by atoms with van der Waals surface area (Å²) in [5.41, 5.74) is 0.488. The van der Waals surface area contributed by atoms with Crippen molar-refractivity contribution in [1.82, 2.24) is 18.8 Å². The number of anilines is 1. The van der Waals surface area contributed by atoms with Crippen molar-refractivity contribution in [3.8, 4) is 0 Å². The van der Waals surface area contributed by atoms with Gasteiger partial charge in [-0.3, -0.25) is 0 Å². The molecule has 2 saturated heterocycles. The summed E-state index contributed by atoms with van der Waals surface area (Å²) in [7, 11) is -1.96. The molecule has 0 amide bonds. The van der Waals surface area contributed by atoms with E-state index in [2.05, 4.69) is 15.3 Å². The molecule has 0 spiro atoms. The summed E-state index contributed by atoms with van der Waals surface area (Å²) in [6.07, 6.45) is 6.01. The Bertz CT molecular complexity index is 958. The summed E-state index contributed by atoms with van der Waals surface area (Å²) in [6.45, 7) is 2.99. The first-order valence-corrected chi connectivity index (χ1v) is 10.8. The van der Waals surface area contributed by atoms with Crippen LogP contribution in [0, 0.1) is 18.7 Å². The van der Waals surface area contributed by atoms with Gasteiger partial charge in [-0.2, -0.15) is 4.31 Å². The molecule has 10 heteroatoms. The lowest BCUT2D eigenvalue weighted by atomic mass is 9.95. The number of hydrogen-bond acceptors (Lipinski definition) is 6. The van der Waals surface area contributed by atoms with Gasteiger partial charge >= 0.3 is 0 Å². The van der Waals surface area contributed by atoms with Gasteiger partial charge in [-0.1, -0.05) is 0 Å². The minimum Gasteiger partial charge on any atom is -0.378 e. The molecule has 2 aliphatic rings. The molecule has 28 heavy (non-hydrogen) atoms. The SMILES string of the molecule is Cc1cc(N[C@H]2CN(S(=O)(=O)c3cn(C)cn3)C[C@@H]2C2CCCO2)ncc1F. The summed E-state index contributed by atoms with van der Waals surface area (Å²) in [6, 6.07) is 1.46. The highest BCUT2D eigenvalue weighted by Gasteiger charge is 2.44. The van der Waals surface area contributed by atoms with Gasteiger partial charge in [0.2, 0.25) is 0 Å². The molecular weight excluding hydrogens is 385 g/mol. The number of imidazole rings is 1. The van der Waals surface area contributed by atoms with Crippen LogP contribution in [-0.4, -0.2) is 59.1 Å². The second-order valence-corrected chi connectivity index (χ2v) is 9.37. The third kappa shape index (κ3) is 3.63. The maximum atomic E-state index is 13.5. The van der Waals surface area contributed by atoms with E-state index in [0.717, 1.165) is 12.8 Å². The van der Waals surface area contributed by atoms with Gasteiger partial charge < -0.3 is 14.6 Å². The molecule has 8 nitrogen and oxygen atoms in total. The van der Waals surface area contributed by atoms with Crippen molar-refractivity contribution in [2.75, 3.05) is 25.0 Å². The van der Waals surface area contributed by atoms with Gasteiger partial charge in [0.25, 0.3) is 10.0 Å². The first kappa shape index (κ1) is 19.3. The lowest BCUT2D eigenvalue weighted by molar-refractivity contribution is 0.0651. The molecule has 4 heterocycles. The Labute approximate surface area is 163 Å². The molecule has 2 aromatic heterocycles. The zero-order valence-corrected chi connectivity index (χ0v) is 16.7. The average Bonchev–Trinajstić information content (AvgIpc) is 3.38. The van der Waals surface area contributed by atoms with Crippen LogP contribution in [0.3, 0.4) is 0 Å². The number of ether oxygens (including phenoxy) is 1. The Balaban J connectivity index is 1.59. The van der Waals surface area contributed by atoms with Gasteiger partial charge in [-0.15, -0.1) is 0 Å². The summed E-state index contributed by atoms with van der Waals surface area (Å²) in [5, 5.41) is 3.34. The predicted octanol–water partition coefficient (Wildman–Crippen LogP) is 1.54. The number of rotatable bonds is 5. The second kappa shape index (κ2) is 7.41. The maximum Gasteiger partial charge on any atom is 0.262 e. The molecule has 2 fully saturated rings. The standard InChI is InChI=1S/C18H24FN5O3S/c1-12-6-17(20-7-14(12)19)22-15-9-24(8-13(15)16-4-3-5-27-16)28(25,26)18-10-23(2)11-21-18/h6-7,10-11,13,15-16H,3-5,8-9H2,1-2H3,(H,20,22)/t13-,15-,16?/m0/s1. The van der Waals surface area contributed by atoms with Crippen molar-refractivity contribution in [3.05, 3.63) is 36.2 Å². The van der Waals surface area contributed by atoms with Gasteiger partial charge in [0, 0.05) is 44.9 Å². The van der Waals surface area contributed by atoms with Crippen molar-refractivity contribution >= 4 is 15.8 Å². The highest BCUT2D eigenvalue weighted by atomic mass is 32.2. The minimum absolute atomic E-state index is 0.0111. The van der Waals surface area contributed by atoms with E-state index in [1.807, 2.05) is 0 Å². The third-order valence-electron chi connectivity index (χ3n) is 5.44. The average molecular weight is 409 g/mol. The Morgan fingerprint density at radius 3 is 2.79 bits per heavy atom. The molecule has 152 valence electrons. The largest absolute Gasteiger partial charge is 0.378 e. The summed E-state index contributed by atoms with van der Waals surface area (Å²) in [5.74, 6) is 0.143. The van der Waals surface area contributed by atoms with Gasteiger partial charge in [0.05, 0.1) is 18.6 Å². The summed E-state index contributed by atoms with van der Waals surface area (Å²) < 4.78 is 48.5. The van der Waals surface area contributed by atoms with Crippen molar-refractivity contribution in [1.29, 1.82) is 0 Å². The zero-order chi connectivity index (χ0) is 19.9. The van der Waals surface area contributed by atoms with E-state index in [0.29, 0.717) is 24.5 Å². The number of pyridine rings is 1. The Morgan fingerprint density at radius 1 is 1.32 bits per heavy atom. The Hall–Kier alpha value is -2.04. The molecule has 0 bridgehead atoms. The molecule has 0 saturated carbocycles. The lowest BCUT2D eigenvalue weighted by Gasteiger charge is -2.25. The lowest BCUT2D eigenvalue weighted by Crippen LogP contribution is -2.36. The zero-order valence-electron chi connectivity index (χ0n) is 15.9. The first-order valence-electron chi connectivity index (χ1n) is 9.33. The molecule has 0 radical (unpaired) electrons. The Kier molecular flexibility index (Phi) is 5.11. The van der Waals surface area contributed by atoms with Crippen LogP contribution in [0.4, 0.5) is 10.2 Å². The molecule has 2 aliphatic heterocycles. The van der Waals surface area contributed by atoms with Crippen LogP contribution in [-0.2, 0) is 21.8 Å². The van der Waals surface area contributed by atoms with E-state index >= 15 is 0 Å². The van der Waals surface area contributed by atoms with Gasteiger partial charge in [-0.25, -0.2) is 22.8 Å². The predicted molar refractivity (Wildman–Crippen MR) is 101 cm³/mol. The number of sulfonamides is 1. The normalized spacial score (nSPS) is 26.0. The number of aromatic nitrogens is 3. The molecule has 0 aliphatic carbocycles. The van der Waals surface area contributed by atoms with Crippen molar-refractivity contribution in [2.24, 2.45) is 13.0 Å². The fourth-order valence-electron chi connectivity index (χ4n) is 3.92. The van der Waals surface area contributed by atoms with E-state index in [9.17, 15) is 12.8 Å².